The molecule has 0 bridgehead atoms. The fraction of sp³-hybridized carbons (Fsp3) is 0.562. The van der Waals surface area contributed by atoms with Crippen molar-refractivity contribution in [2.24, 2.45) is 5.73 Å². The topological polar surface area (TPSA) is 49.6 Å². The lowest BCUT2D eigenvalue weighted by Gasteiger charge is -2.37. The number of aryl methyl sites for hydroxylation is 1. The van der Waals surface area contributed by atoms with Gasteiger partial charge in [-0.25, -0.2) is 0 Å². The van der Waals surface area contributed by atoms with Gasteiger partial charge in [0.15, 0.2) is 0 Å². The molecule has 4 nitrogen and oxygen atoms in total. The van der Waals surface area contributed by atoms with Crippen LogP contribution >= 0.6 is 24.8 Å². The summed E-state index contributed by atoms with van der Waals surface area (Å²) in [4.78, 5) is 16.7. The highest BCUT2D eigenvalue weighted by molar-refractivity contribution is 5.85. The fourth-order valence-corrected chi connectivity index (χ4v) is 2.57. The van der Waals surface area contributed by atoms with Crippen LogP contribution in [0.25, 0.3) is 0 Å². The van der Waals surface area contributed by atoms with Gasteiger partial charge < -0.3 is 10.6 Å². The van der Waals surface area contributed by atoms with Crippen molar-refractivity contribution in [3.63, 3.8) is 0 Å². The van der Waals surface area contributed by atoms with Crippen molar-refractivity contribution in [3.8, 4) is 0 Å². The predicted molar refractivity (Wildman–Crippen MR) is 95.9 cm³/mol. The molecule has 22 heavy (non-hydrogen) atoms. The number of piperazine rings is 1. The molecule has 6 heteroatoms. The van der Waals surface area contributed by atoms with Gasteiger partial charge in [0.25, 0.3) is 0 Å². The molecule has 1 aromatic rings. The van der Waals surface area contributed by atoms with Crippen LogP contribution in [0.5, 0.6) is 0 Å². The molecule has 1 aromatic carbocycles. The van der Waals surface area contributed by atoms with Crippen molar-refractivity contribution in [1.82, 2.24) is 9.80 Å². The van der Waals surface area contributed by atoms with E-state index in [0.29, 0.717) is 6.04 Å². The summed E-state index contributed by atoms with van der Waals surface area (Å²) in [7, 11) is 0. The molecule has 2 N–H and O–H groups in total. The van der Waals surface area contributed by atoms with Crippen LogP contribution in [0.15, 0.2) is 24.3 Å². The zero-order chi connectivity index (χ0) is 14.7. The number of halogens is 2. The van der Waals surface area contributed by atoms with Crippen LogP contribution in [0.1, 0.15) is 31.0 Å². The molecule has 1 aliphatic rings. The van der Waals surface area contributed by atoms with Crippen molar-refractivity contribution < 1.29 is 4.79 Å². The van der Waals surface area contributed by atoms with Gasteiger partial charge in [-0.3, -0.25) is 9.69 Å². The van der Waals surface area contributed by atoms with E-state index >= 15 is 0 Å². The molecule has 0 aromatic heterocycles. The second-order valence-corrected chi connectivity index (χ2v) is 5.84. The van der Waals surface area contributed by atoms with Crippen molar-refractivity contribution in [3.05, 3.63) is 35.4 Å². The second kappa shape index (κ2) is 9.36. The summed E-state index contributed by atoms with van der Waals surface area (Å²) in [5.74, 6) is 0.0391. The Hall–Kier alpha value is -0.810. The van der Waals surface area contributed by atoms with Crippen molar-refractivity contribution in [2.75, 3.05) is 26.2 Å². The molecule has 1 atom stereocenters. The Bertz CT molecular complexity index is 457. The van der Waals surface area contributed by atoms with Gasteiger partial charge in [-0.15, -0.1) is 24.8 Å². The Balaban J connectivity index is 0.00000220. The van der Waals surface area contributed by atoms with Gasteiger partial charge in [0.1, 0.15) is 6.04 Å². The van der Waals surface area contributed by atoms with E-state index in [2.05, 4.69) is 18.7 Å². The summed E-state index contributed by atoms with van der Waals surface area (Å²) in [5.41, 5.74) is 8.18. The molecule has 1 fully saturated rings. The average Bonchev–Trinajstić information content (AvgIpc) is 2.46. The smallest absolute Gasteiger partial charge is 0.244 e. The zero-order valence-corrected chi connectivity index (χ0v) is 15.1. The third kappa shape index (κ3) is 5.13. The van der Waals surface area contributed by atoms with Gasteiger partial charge >= 0.3 is 0 Å². The quantitative estimate of drug-likeness (QED) is 0.913. The van der Waals surface area contributed by atoms with Crippen LogP contribution in [-0.4, -0.2) is 47.9 Å². The largest absolute Gasteiger partial charge is 0.338 e. The van der Waals surface area contributed by atoms with Crippen LogP contribution in [0.2, 0.25) is 0 Å². The number of carbonyl (C=O) groups excluding carboxylic acids is 1. The summed E-state index contributed by atoms with van der Waals surface area (Å²) in [6, 6.07) is 7.89. The normalized spacial score (nSPS) is 16.7. The number of nitrogens with two attached hydrogens (primary N) is 1. The minimum atomic E-state index is -0.541. The number of hydrogen-bond acceptors (Lipinski definition) is 3. The van der Waals surface area contributed by atoms with Gasteiger partial charge in [0.2, 0.25) is 5.91 Å². The molecule has 0 spiro atoms. The molecule has 2 rings (SSSR count). The number of carbonyl (C=O) groups is 1. The van der Waals surface area contributed by atoms with Gasteiger partial charge in [0, 0.05) is 32.2 Å². The Labute approximate surface area is 145 Å². The van der Waals surface area contributed by atoms with E-state index in [0.717, 1.165) is 31.7 Å². The maximum absolute atomic E-state index is 12.4. The molecule has 1 amide bonds. The highest BCUT2D eigenvalue weighted by atomic mass is 35.5. The first-order valence-electron chi connectivity index (χ1n) is 7.34. The third-order valence-electron chi connectivity index (χ3n) is 4.06. The lowest BCUT2D eigenvalue weighted by atomic mass is 10.0. The number of nitrogens with zero attached hydrogens (tertiary/aromatic N) is 2. The first-order chi connectivity index (χ1) is 9.49. The van der Waals surface area contributed by atoms with Gasteiger partial charge in [-0.1, -0.05) is 29.8 Å². The molecule has 126 valence electrons. The zero-order valence-electron chi connectivity index (χ0n) is 13.5. The van der Waals surface area contributed by atoms with Crippen molar-refractivity contribution >= 4 is 30.7 Å². The third-order valence-corrected chi connectivity index (χ3v) is 4.06. The van der Waals surface area contributed by atoms with E-state index in [1.807, 2.05) is 36.1 Å². The minimum Gasteiger partial charge on any atom is -0.338 e. The van der Waals surface area contributed by atoms with E-state index in [9.17, 15) is 4.79 Å². The number of rotatable bonds is 3. The average molecular weight is 348 g/mol. The minimum absolute atomic E-state index is 0. The molecule has 1 unspecified atom stereocenters. The molecular weight excluding hydrogens is 321 g/mol. The summed E-state index contributed by atoms with van der Waals surface area (Å²) in [6.45, 7) is 9.83. The highest BCUT2D eigenvalue weighted by Crippen LogP contribution is 2.16. The van der Waals surface area contributed by atoms with Crippen LogP contribution in [-0.2, 0) is 4.79 Å². The molecular formula is C16H27Cl2N3O. The van der Waals surface area contributed by atoms with E-state index in [-0.39, 0.29) is 30.7 Å². The van der Waals surface area contributed by atoms with E-state index in [4.69, 9.17) is 5.73 Å². The standard InChI is InChI=1S/C16H25N3O.2ClH/c1-12(2)18-8-10-19(11-9-18)16(20)15(17)14-6-4-13(3)5-7-14;;/h4-7,12,15H,8-11,17H2,1-3H3;2*1H. The first kappa shape index (κ1) is 21.2. The van der Waals surface area contributed by atoms with Gasteiger partial charge in [0.05, 0.1) is 0 Å². The number of amides is 1. The van der Waals surface area contributed by atoms with E-state index in [1.165, 1.54) is 5.56 Å². The van der Waals surface area contributed by atoms with Crippen LogP contribution in [0.3, 0.4) is 0 Å². The fourth-order valence-electron chi connectivity index (χ4n) is 2.57. The lowest BCUT2D eigenvalue weighted by Crippen LogP contribution is -2.52. The number of benzene rings is 1. The summed E-state index contributed by atoms with van der Waals surface area (Å²) >= 11 is 0. The summed E-state index contributed by atoms with van der Waals surface area (Å²) < 4.78 is 0. The summed E-state index contributed by atoms with van der Waals surface area (Å²) in [6.07, 6.45) is 0. The molecule has 1 saturated heterocycles. The maximum Gasteiger partial charge on any atom is 0.244 e. The molecule has 0 saturated carbocycles. The Morgan fingerprint density at radius 1 is 1.05 bits per heavy atom. The second-order valence-electron chi connectivity index (χ2n) is 5.84. The highest BCUT2D eigenvalue weighted by Gasteiger charge is 2.26. The Kier molecular flexibility index (Phi) is 9.01. The van der Waals surface area contributed by atoms with Crippen molar-refractivity contribution in [1.29, 1.82) is 0 Å². The Morgan fingerprint density at radius 2 is 1.55 bits per heavy atom. The van der Waals surface area contributed by atoms with Crippen LogP contribution in [0, 0.1) is 6.92 Å². The van der Waals surface area contributed by atoms with Crippen LogP contribution in [0.4, 0.5) is 0 Å². The van der Waals surface area contributed by atoms with Gasteiger partial charge in [-0.05, 0) is 26.3 Å². The van der Waals surface area contributed by atoms with Crippen molar-refractivity contribution in [2.45, 2.75) is 32.9 Å². The SMILES string of the molecule is Cc1ccc(C(N)C(=O)N2CCN(C(C)C)CC2)cc1.Cl.Cl. The van der Waals surface area contributed by atoms with Crippen LogP contribution < -0.4 is 5.73 Å². The van der Waals surface area contributed by atoms with E-state index < -0.39 is 6.04 Å². The monoisotopic (exact) mass is 347 g/mol. The molecule has 1 aliphatic heterocycles. The lowest BCUT2D eigenvalue weighted by molar-refractivity contribution is -0.134. The Morgan fingerprint density at radius 3 is 2.00 bits per heavy atom. The van der Waals surface area contributed by atoms with Gasteiger partial charge in [-0.2, -0.15) is 0 Å². The molecule has 0 radical (unpaired) electrons. The summed E-state index contributed by atoms with van der Waals surface area (Å²) in [5, 5.41) is 0. The predicted octanol–water partition coefficient (Wildman–Crippen LogP) is 2.39. The van der Waals surface area contributed by atoms with E-state index in [1.54, 1.807) is 0 Å². The number of hydrogen-bond donors (Lipinski definition) is 1. The molecule has 0 aliphatic carbocycles. The maximum atomic E-state index is 12.4. The first-order valence-corrected chi connectivity index (χ1v) is 7.34. The molecule has 1 heterocycles.